The molecule has 4 rings (SSSR count). The summed E-state index contributed by atoms with van der Waals surface area (Å²) in [6.45, 7) is 1.19. The summed E-state index contributed by atoms with van der Waals surface area (Å²) < 4.78 is 13.0. The first-order chi connectivity index (χ1) is 12.5. The second kappa shape index (κ2) is 6.37. The Morgan fingerprint density at radius 2 is 1.81 bits per heavy atom. The van der Waals surface area contributed by atoms with E-state index in [1.165, 1.54) is 17.0 Å². The number of halogens is 1. The summed E-state index contributed by atoms with van der Waals surface area (Å²) in [7, 11) is 0. The fraction of sp³-hybridized carbons (Fsp3) is 0.526. The van der Waals surface area contributed by atoms with Crippen LogP contribution in [0.25, 0.3) is 0 Å². The Bertz CT molecular complexity index is 743. The minimum absolute atomic E-state index is 0.00181. The van der Waals surface area contributed by atoms with Crippen molar-refractivity contribution in [3.8, 4) is 0 Å². The second-order valence-electron chi connectivity index (χ2n) is 7.61. The number of benzene rings is 1. The van der Waals surface area contributed by atoms with Crippen molar-refractivity contribution < 1.29 is 18.8 Å². The van der Waals surface area contributed by atoms with Gasteiger partial charge >= 0.3 is 6.03 Å². The number of likely N-dealkylation sites (tertiary alicyclic amines) is 1. The monoisotopic (exact) mass is 359 g/mol. The molecular weight excluding hydrogens is 337 g/mol. The van der Waals surface area contributed by atoms with Gasteiger partial charge in [-0.3, -0.25) is 14.5 Å². The third-order valence-electron chi connectivity index (χ3n) is 5.73. The van der Waals surface area contributed by atoms with Crippen molar-refractivity contribution in [1.29, 1.82) is 0 Å². The lowest BCUT2D eigenvalue weighted by Crippen LogP contribution is -2.44. The minimum Gasteiger partial charge on any atom is -0.338 e. The van der Waals surface area contributed by atoms with Crippen LogP contribution in [0.5, 0.6) is 0 Å². The molecule has 138 valence electrons. The highest BCUT2D eigenvalue weighted by atomic mass is 19.1. The van der Waals surface area contributed by atoms with E-state index in [2.05, 4.69) is 5.32 Å². The van der Waals surface area contributed by atoms with Crippen LogP contribution >= 0.6 is 0 Å². The summed E-state index contributed by atoms with van der Waals surface area (Å²) in [5.74, 6) is -0.501. The first kappa shape index (κ1) is 17.0. The Morgan fingerprint density at radius 3 is 2.50 bits per heavy atom. The van der Waals surface area contributed by atoms with Crippen LogP contribution in [0.3, 0.4) is 0 Å². The summed E-state index contributed by atoms with van der Waals surface area (Å²) in [6.07, 6.45) is 3.63. The lowest BCUT2D eigenvalue weighted by atomic mass is 9.97. The molecule has 0 bridgehead atoms. The third kappa shape index (κ3) is 2.95. The van der Waals surface area contributed by atoms with Gasteiger partial charge in [0.1, 0.15) is 11.4 Å². The molecule has 7 heteroatoms. The van der Waals surface area contributed by atoms with Gasteiger partial charge in [-0.05, 0) is 30.5 Å². The molecule has 2 aliphatic heterocycles. The van der Waals surface area contributed by atoms with Crippen LogP contribution in [0.1, 0.15) is 37.7 Å². The molecule has 1 aromatic rings. The van der Waals surface area contributed by atoms with Crippen molar-refractivity contribution in [3.63, 3.8) is 0 Å². The first-order valence-corrected chi connectivity index (χ1v) is 9.13. The molecule has 1 saturated carbocycles. The Labute approximate surface area is 151 Å². The molecule has 2 saturated heterocycles. The van der Waals surface area contributed by atoms with Gasteiger partial charge in [-0.15, -0.1) is 0 Å². The van der Waals surface area contributed by atoms with Crippen LogP contribution in [0.2, 0.25) is 0 Å². The van der Waals surface area contributed by atoms with Crippen molar-refractivity contribution in [2.75, 3.05) is 13.1 Å². The van der Waals surface area contributed by atoms with Crippen LogP contribution < -0.4 is 5.32 Å². The molecule has 0 aromatic heterocycles. The van der Waals surface area contributed by atoms with E-state index in [9.17, 15) is 18.8 Å². The number of urea groups is 1. The fourth-order valence-electron chi connectivity index (χ4n) is 4.36. The lowest BCUT2D eigenvalue weighted by Gasteiger charge is -2.22. The number of nitrogens with one attached hydrogen (secondary N) is 1. The predicted molar refractivity (Wildman–Crippen MR) is 91.4 cm³/mol. The maximum absolute atomic E-state index is 13.0. The number of amides is 4. The molecule has 4 amide bonds. The molecule has 3 aliphatic rings. The average Bonchev–Trinajstić information content (AvgIpc) is 3.27. The SMILES string of the molecule is O=C1CC(CN2C(=O)NC3(CCCC3)C2=O)CN1Cc1ccc(F)cc1. The maximum atomic E-state index is 13.0. The van der Waals surface area contributed by atoms with Crippen molar-refractivity contribution in [3.05, 3.63) is 35.6 Å². The Morgan fingerprint density at radius 1 is 1.12 bits per heavy atom. The average molecular weight is 359 g/mol. The fourth-order valence-corrected chi connectivity index (χ4v) is 4.36. The normalized spacial score (nSPS) is 24.8. The van der Waals surface area contributed by atoms with E-state index in [1.807, 2.05) is 0 Å². The number of hydrogen-bond donors (Lipinski definition) is 1. The third-order valence-corrected chi connectivity index (χ3v) is 5.73. The van der Waals surface area contributed by atoms with E-state index in [0.717, 1.165) is 18.4 Å². The van der Waals surface area contributed by atoms with Crippen molar-refractivity contribution in [2.24, 2.45) is 5.92 Å². The van der Waals surface area contributed by atoms with E-state index < -0.39 is 5.54 Å². The molecule has 3 fully saturated rings. The number of hydrogen-bond acceptors (Lipinski definition) is 3. The van der Waals surface area contributed by atoms with E-state index in [1.54, 1.807) is 17.0 Å². The van der Waals surface area contributed by atoms with Gasteiger partial charge in [0, 0.05) is 32.0 Å². The number of nitrogens with zero attached hydrogens (tertiary/aromatic N) is 2. The molecule has 1 unspecified atom stereocenters. The highest BCUT2D eigenvalue weighted by Gasteiger charge is 2.53. The molecule has 2 heterocycles. The zero-order valence-corrected chi connectivity index (χ0v) is 14.5. The van der Waals surface area contributed by atoms with Crippen molar-refractivity contribution in [2.45, 2.75) is 44.2 Å². The molecule has 1 aliphatic carbocycles. The van der Waals surface area contributed by atoms with E-state index in [4.69, 9.17) is 0 Å². The Hall–Kier alpha value is -2.44. The predicted octanol–water partition coefficient (Wildman–Crippen LogP) is 2.04. The van der Waals surface area contributed by atoms with Crippen molar-refractivity contribution in [1.82, 2.24) is 15.1 Å². The van der Waals surface area contributed by atoms with Crippen LogP contribution in [0.15, 0.2) is 24.3 Å². The number of carbonyl (C=O) groups excluding carboxylic acids is 3. The van der Waals surface area contributed by atoms with Gasteiger partial charge in [0.15, 0.2) is 0 Å². The molecule has 1 N–H and O–H groups in total. The molecule has 1 atom stereocenters. The summed E-state index contributed by atoms with van der Waals surface area (Å²) in [4.78, 5) is 40.3. The standard InChI is InChI=1S/C19H22FN3O3/c20-15-5-3-13(4-6-15)10-22-11-14(9-16(22)24)12-23-17(25)19(21-18(23)26)7-1-2-8-19/h3-6,14H,1-2,7-12H2,(H,21,26). The van der Waals surface area contributed by atoms with E-state index in [0.29, 0.717) is 32.4 Å². The van der Waals surface area contributed by atoms with Crippen LogP contribution in [0, 0.1) is 11.7 Å². The van der Waals surface area contributed by atoms with Gasteiger partial charge in [-0.2, -0.15) is 0 Å². The number of rotatable bonds is 4. The Balaban J connectivity index is 1.39. The van der Waals surface area contributed by atoms with Crippen molar-refractivity contribution >= 4 is 17.8 Å². The zero-order valence-electron chi connectivity index (χ0n) is 14.5. The second-order valence-corrected chi connectivity index (χ2v) is 7.61. The minimum atomic E-state index is -0.701. The van der Waals surface area contributed by atoms with Gasteiger partial charge in [0.05, 0.1) is 0 Å². The summed E-state index contributed by atoms with van der Waals surface area (Å²) >= 11 is 0. The molecule has 1 spiro atoms. The van der Waals surface area contributed by atoms with Gasteiger partial charge < -0.3 is 10.2 Å². The summed E-state index contributed by atoms with van der Waals surface area (Å²) in [6, 6.07) is 5.75. The maximum Gasteiger partial charge on any atom is 0.325 e. The van der Waals surface area contributed by atoms with E-state index >= 15 is 0 Å². The Kier molecular flexibility index (Phi) is 4.17. The van der Waals surface area contributed by atoms with Gasteiger partial charge in [0.25, 0.3) is 5.91 Å². The molecular formula is C19H22FN3O3. The van der Waals surface area contributed by atoms with Crippen LogP contribution in [-0.4, -0.2) is 46.3 Å². The summed E-state index contributed by atoms with van der Waals surface area (Å²) in [5.41, 5.74) is 0.160. The number of carbonyl (C=O) groups is 3. The largest absolute Gasteiger partial charge is 0.338 e. The highest BCUT2D eigenvalue weighted by molar-refractivity contribution is 6.07. The summed E-state index contributed by atoms with van der Waals surface area (Å²) in [5, 5.41) is 2.87. The number of imide groups is 1. The molecule has 26 heavy (non-hydrogen) atoms. The van der Waals surface area contributed by atoms with Gasteiger partial charge in [0.2, 0.25) is 5.91 Å². The first-order valence-electron chi connectivity index (χ1n) is 9.13. The van der Waals surface area contributed by atoms with Gasteiger partial charge in [-0.1, -0.05) is 25.0 Å². The lowest BCUT2D eigenvalue weighted by molar-refractivity contribution is -0.132. The molecule has 1 aromatic carbocycles. The quantitative estimate of drug-likeness (QED) is 0.837. The van der Waals surface area contributed by atoms with Crippen LogP contribution in [0.4, 0.5) is 9.18 Å². The highest BCUT2D eigenvalue weighted by Crippen LogP contribution is 2.35. The smallest absolute Gasteiger partial charge is 0.325 e. The zero-order chi connectivity index (χ0) is 18.3. The topological polar surface area (TPSA) is 69.7 Å². The van der Waals surface area contributed by atoms with E-state index in [-0.39, 0.29) is 36.1 Å². The van der Waals surface area contributed by atoms with Crippen LogP contribution in [-0.2, 0) is 16.1 Å². The molecule has 0 radical (unpaired) electrons. The molecule has 6 nitrogen and oxygen atoms in total. The van der Waals surface area contributed by atoms with Gasteiger partial charge in [-0.25, -0.2) is 9.18 Å².